The van der Waals surface area contributed by atoms with E-state index in [1.54, 1.807) is 0 Å². The lowest BCUT2D eigenvalue weighted by molar-refractivity contribution is -0.345. The molecule has 7 fully saturated rings. The van der Waals surface area contributed by atoms with E-state index in [4.69, 9.17) is 28.4 Å². The molecule has 0 spiro atoms. The van der Waals surface area contributed by atoms with Gasteiger partial charge in [-0.25, -0.2) is 0 Å². The third-order valence-electron chi connectivity index (χ3n) is 19.4. The molecule has 0 aromatic heterocycles. The molecule has 25 atom stereocenters. The largest absolute Gasteiger partial charge is 0.432 e. The summed E-state index contributed by atoms with van der Waals surface area (Å²) in [5, 5.41) is 139. The quantitative estimate of drug-likeness (QED) is 0.0645. The normalized spacial score (nSPS) is 54.6. The average molecular weight is 975 g/mol. The summed E-state index contributed by atoms with van der Waals surface area (Å²) in [5.74, 6) is -1.06. The molecule has 20 heteroatoms. The van der Waals surface area contributed by atoms with Gasteiger partial charge in [-0.05, 0) is 97.2 Å². The molecule has 0 unspecified atom stereocenters. The second-order valence-electron chi connectivity index (χ2n) is 23.5. The predicted octanol–water partition coefficient (Wildman–Crippen LogP) is -1.92. The number of ether oxygens (including phenoxy) is 6. The molecule has 4 saturated carbocycles. The first-order valence-electron chi connectivity index (χ1n) is 24.6. The van der Waals surface area contributed by atoms with E-state index in [0.717, 1.165) is 12.0 Å². The second kappa shape index (κ2) is 18.8. The van der Waals surface area contributed by atoms with Crippen molar-refractivity contribution in [2.75, 3.05) is 26.4 Å². The maximum atomic E-state index is 15.0. The van der Waals surface area contributed by atoms with Crippen molar-refractivity contribution in [2.45, 2.75) is 204 Å². The maximum Gasteiger partial charge on any atom is 0.315 e. The molecule has 0 radical (unpaired) electrons. The van der Waals surface area contributed by atoms with Crippen LogP contribution >= 0.6 is 0 Å². The minimum absolute atomic E-state index is 0.00752. The first-order chi connectivity index (χ1) is 31.8. The Kier molecular flexibility index (Phi) is 14.6. The molecule has 0 aromatic rings. The zero-order chi connectivity index (χ0) is 49.8. The number of carbonyl (C=O) groups excluding carboxylic acids is 1. The fraction of sp³-hybridized carbons (Fsp3) is 0.938. The van der Waals surface area contributed by atoms with Crippen molar-refractivity contribution in [1.29, 1.82) is 0 Å². The Morgan fingerprint density at radius 2 is 1.18 bits per heavy atom. The minimum Gasteiger partial charge on any atom is -0.432 e. The molecule has 68 heavy (non-hydrogen) atoms. The van der Waals surface area contributed by atoms with E-state index in [-0.39, 0.29) is 35.2 Å². The lowest BCUT2D eigenvalue weighted by atomic mass is 9.33. The van der Waals surface area contributed by atoms with E-state index in [0.29, 0.717) is 51.4 Å². The molecule has 390 valence electrons. The first kappa shape index (κ1) is 52.8. The summed E-state index contributed by atoms with van der Waals surface area (Å²) in [6, 6.07) is 0. The van der Waals surface area contributed by atoms with E-state index in [1.165, 1.54) is 0 Å². The van der Waals surface area contributed by atoms with E-state index < -0.39 is 152 Å². The summed E-state index contributed by atoms with van der Waals surface area (Å²) in [6.45, 7) is 10.7. The smallest absolute Gasteiger partial charge is 0.315 e. The number of carbonyl (C=O) groups is 1. The number of esters is 1. The summed E-state index contributed by atoms with van der Waals surface area (Å²) in [7, 11) is 0. The molecule has 13 N–H and O–H groups in total. The first-order valence-corrected chi connectivity index (χ1v) is 24.6. The highest BCUT2D eigenvalue weighted by atomic mass is 16.7. The zero-order valence-electron chi connectivity index (χ0n) is 40.0. The number of hydrogen-bond acceptors (Lipinski definition) is 20. The fourth-order valence-corrected chi connectivity index (χ4v) is 15.1. The number of aliphatic hydroxyl groups is 13. The van der Waals surface area contributed by atoms with Crippen molar-refractivity contribution in [3.8, 4) is 0 Å². The van der Waals surface area contributed by atoms with Crippen LogP contribution in [0, 0.1) is 50.2 Å². The summed E-state index contributed by atoms with van der Waals surface area (Å²) >= 11 is 0. The Bertz CT molecular complexity index is 1850. The van der Waals surface area contributed by atoms with Crippen LogP contribution < -0.4 is 0 Å². The van der Waals surface area contributed by atoms with Gasteiger partial charge in [0, 0.05) is 5.41 Å². The lowest BCUT2D eigenvalue weighted by Crippen LogP contribution is -2.69. The van der Waals surface area contributed by atoms with E-state index >= 15 is 0 Å². The van der Waals surface area contributed by atoms with Gasteiger partial charge >= 0.3 is 5.97 Å². The molecule has 0 amide bonds. The molecule has 3 heterocycles. The van der Waals surface area contributed by atoms with Crippen LogP contribution in [-0.2, 0) is 33.2 Å². The van der Waals surface area contributed by atoms with Gasteiger partial charge in [0.15, 0.2) is 12.6 Å². The molecule has 3 saturated heterocycles. The number of fused-ring (bicyclic) bond motifs is 7. The van der Waals surface area contributed by atoms with Crippen molar-refractivity contribution < 1.29 is 99.6 Å². The molecule has 5 aliphatic carbocycles. The van der Waals surface area contributed by atoms with Gasteiger partial charge in [-0.15, -0.1) is 0 Å². The van der Waals surface area contributed by atoms with Crippen LogP contribution in [0.5, 0.6) is 0 Å². The molecule has 0 bridgehead atoms. The van der Waals surface area contributed by atoms with Crippen LogP contribution in [0.15, 0.2) is 11.6 Å². The van der Waals surface area contributed by atoms with Gasteiger partial charge < -0.3 is 94.8 Å². The molecule has 20 nitrogen and oxygen atoms in total. The number of aliphatic hydroxyl groups excluding tert-OH is 13. The number of rotatable bonds is 10. The Morgan fingerprint density at radius 3 is 1.78 bits per heavy atom. The Hall–Kier alpha value is -1.51. The average Bonchev–Trinajstić information content (AvgIpc) is 3.29. The topological polar surface area (TPSA) is 335 Å². The van der Waals surface area contributed by atoms with Crippen molar-refractivity contribution in [3.05, 3.63) is 11.6 Å². The number of allylic oxidation sites excluding steroid dienone is 2. The molecular formula is C48H78O20. The molecule has 3 aliphatic heterocycles. The highest BCUT2D eigenvalue weighted by Crippen LogP contribution is 2.76. The van der Waals surface area contributed by atoms with Crippen molar-refractivity contribution in [2.24, 2.45) is 50.2 Å². The SMILES string of the molecule is CC1(C)CC[C@]2(C(=O)O[C@@H]3O[C@H](CO[C@@H]4O[C@H](CO)[C@@H](O)[C@H](O)[C@H]4O)[C@@H](O)[C@H](O)[C@H]3O)CC[C@]3(C)C(=CC[C@@H]4[C@@]5(C)C[C@H](O)[C@H](O[C@@H]6O[C@H](CO)[C@@H](O)[C@H](O)[C@H]6O)[C@@](C)(CO)[C@@H]5CC[C@]43C)[C@@H]2C1. The molecular weight excluding hydrogens is 897 g/mol. The predicted molar refractivity (Wildman–Crippen MR) is 233 cm³/mol. The molecule has 8 aliphatic rings. The van der Waals surface area contributed by atoms with Crippen LogP contribution in [0.1, 0.15) is 99.3 Å². The van der Waals surface area contributed by atoms with Gasteiger partial charge in [-0.1, -0.05) is 53.2 Å². The lowest BCUT2D eigenvalue weighted by Gasteiger charge is -2.72. The van der Waals surface area contributed by atoms with Crippen LogP contribution in [0.4, 0.5) is 0 Å². The summed E-state index contributed by atoms with van der Waals surface area (Å²) in [4.78, 5) is 15.0. The van der Waals surface area contributed by atoms with Crippen molar-refractivity contribution in [3.63, 3.8) is 0 Å². The maximum absolute atomic E-state index is 15.0. The third-order valence-corrected chi connectivity index (χ3v) is 19.4. The Labute approximate surface area is 396 Å². The summed E-state index contributed by atoms with van der Waals surface area (Å²) in [6.07, 6.45) is -18.9. The van der Waals surface area contributed by atoms with Gasteiger partial charge in [0.1, 0.15) is 73.2 Å². The van der Waals surface area contributed by atoms with Gasteiger partial charge in [-0.3, -0.25) is 4.79 Å². The highest BCUT2D eigenvalue weighted by Gasteiger charge is 2.71. The van der Waals surface area contributed by atoms with Gasteiger partial charge in [0.2, 0.25) is 6.29 Å². The van der Waals surface area contributed by atoms with Crippen LogP contribution in [0.25, 0.3) is 0 Å². The standard InChI is InChI=1S/C48H78O20/c1-43(2)11-13-48(42(62)68-41-37(61)34(58)31(55)26(66-41)19-63-39-35(59)32(56)29(53)24(17-49)64-39)14-12-46(5)21(22(48)15-43)7-8-28-44(3)16-23(52)38(45(4,20-51)27(44)9-10-47(28,46)6)67-40-36(60)33(57)30(54)25(18-50)65-40/h7,22-41,49-61H,8-20H2,1-6H3/t22-,23-,24+,25+,26+,27+,28+,29+,30+,31+,32-,33-,34-,35+,36+,37+,38-,39+,40-,41-,44-,45-,46+,47+,48-/m0/s1. The number of hydrogen-bond donors (Lipinski definition) is 13. The third kappa shape index (κ3) is 8.16. The van der Waals surface area contributed by atoms with Crippen LogP contribution in [0.2, 0.25) is 0 Å². The van der Waals surface area contributed by atoms with Gasteiger partial charge in [0.05, 0.1) is 44.1 Å². The van der Waals surface area contributed by atoms with Crippen LogP contribution in [0.3, 0.4) is 0 Å². The minimum atomic E-state index is -1.84. The molecule has 8 rings (SSSR count). The second-order valence-corrected chi connectivity index (χ2v) is 23.5. The Balaban J connectivity index is 1.03. The summed E-state index contributed by atoms with van der Waals surface area (Å²) < 4.78 is 35.0. The monoisotopic (exact) mass is 975 g/mol. The van der Waals surface area contributed by atoms with Gasteiger partial charge in [0.25, 0.3) is 0 Å². The van der Waals surface area contributed by atoms with Crippen molar-refractivity contribution in [1.82, 2.24) is 0 Å². The van der Waals surface area contributed by atoms with Crippen LogP contribution in [-0.4, -0.2) is 203 Å². The van der Waals surface area contributed by atoms with Crippen molar-refractivity contribution >= 4 is 5.97 Å². The highest BCUT2D eigenvalue weighted by molar-refractivity contribution is 5.79. The molecule has 0 aromatic carbocycles. The summed E-state index contributed by atoms with van der Waals surface area (Å²) in [5.41, 5.74) is -2.39. The van der Waals surface area contributed by atoms with E-state index in [1.807, 2.05) is 6.92 Å². The fourth-order valence-electron chi connectivity index (χ4n) is 15.1. The van der Waals surface area contributed by atoms with E-state index in [9.17, 15) is 71.2 Å². The zero-order valence-corrected chi connectivity index (χ0v) is 40.0. The van der Waals surface area contributed by atoms with Gasteiger partial charge in [-0.2, -0.15) is 0 Å². The Morgan fingerprint density at radius 1 is 0.632 bits per heavy atom. The van der Waals surface area contributed by atoms with E-state index in [2.05, 4.69) is 40.7 Å².